The Balaban J connectivity index is 3.47. The quantitative estimate of drug-likeness (QED) is 0.0437. The maximum atomic E-state index is 12.2. The Labute approximate surface area is 328 Å². The number of carbonyl (C=O) groups is 1. The number of amides is 1. The average molecular weight is 734 g/mol. The Morgan fingerprint density at radius 2 is 0.830 bits per heavy atom. The number of aliphatic hydroxyl groups excluding tert-OH is 2. The molecule has 0 fully saturated rings. The summed E-state index contributed by atoms with van der Waals surface area (Å²) in [7, 11) is 0. The molecule has 0 aliphatic heterocycles. The van der Waals surface area contributed by atoms with Crippen molar-refractivity contribution in [3.63, 3.8) is 0 Å². The van der Waals surface area contributed by atoms with Gasteiger partial charge >= 0.3 is 0 Å². The minimum atomic E-state index is -0.838. The van der Waals surface area contributed by atoms with Gasteiger partial charge in [0.05, 0.1) is 18.8 Å². The summed E-state index contributed by atoms with van der Waals surface area (Å²) >= 11 is 0. The van der Waals surface area contributed by atoms with Crippen molar-refractivity contribution < 1.29 is 15.0 Å². The zero-order chi connectivity index (χ0) is 38.6. The predicted octanol–water partition coefficient (Wildman–Crippen LogP) is 13.8. The molecule has 4 heteroatoms. The van der Waals surface area contributed by atoms with E-state index in [1.165, 1.54) is 89.9 Å². The van der Waals surface area contributed by atoms with Gasteiger partial charge < -0.3 is 15.5 Å². The Hall–Kier alpha value is -2.69. The van der Waals surface area contributed by atoms with Gasteiger partial charge in [-0.15, -0.1) is 0 Å². The fraction of sp³-hybridized carbons (Fsp3) is 0.653. The Morgan fingerprint density at radius 1 is 0.472 bits per heavy atom. The van der Waals surface area contributed by atoms with Crippen LogP contribution in [0, 0.1) is 0 Å². The summed E-state index contributed by atoms with van der Waals surface area (Å²) < 4.78 is 0. The van der Waals surface area contributed by atoms with E-state index in [-0.39, 0.29) is 12.5 Å². The number of hydrogen-bond donors (Lipinski definition) is 3. The smallest absolute Gasteiger partial charge is 0.220 e. The van der Waals surface area contributed by atoms with Gasteiger partial charge in [-0.1, -0.05) is 207 Å². The van der Waals surface area contributed by atoms with Crippen molar-refractivity contribution in [3.8, 4) is 0 Å². The van der Waals surface area contributed by atoms with Gasteiger partial charge in [-0.05, 0) is 70.6 Å². The molecule has 0 aromatic carbocycles. The summed E-state index contributed by atoms with van der Waals surface area (Å²) in [6, 6.07) is -0.621. The molecule has 4 nitrogen and oxygen atoms in total. The second kappa shape index (κ2) is 43.7. The fourth-order valence-corrected chi connectivity index (χ4v) is 5.97. The number of carbonyl (C=O) groups excluding carboxylic acids is 1. The van der Waals surface area contributed by atoms with Crippen molar-refractivity contribution in [3.05, 3.63) is 97.2 Å². The number of hydrogen-bond acceptors (Lipinski definition) is 3. The SMILES string of the molecule is CC/C=C\C/C=C\C/C=C\C/C=C\C/C=C\C/C=C\C/C=C\CCCCCCCCCCCCCCCCCC(=O)NC(CO)C(O)/C=C/CCCC. The second-order valence-corrected chi connectivity index (χ2v) is 14.4. The first kappa shape index (κ1) is 50.3. The van der Waals surface area contributed by atoms with Crippen LogP contribution in [0.15, 0.2) is 97.2 Å². The first-order valence-electron chi connectivity index (χ1n) is 22.0. The third-order valence-electron chi connectivity index (χ3n) is 9.32. The first-order chi connectivity index (χ1) is 26.2. The van der Waals surface area contributed by atoms with Gasteiger partial charge in [0.25, 0.3) is 0 Å². The van der Waals surface area contributed by atoms with E-state index >= 15 is 0 Å². The van der Waals surface area contributed by atoms with Crippen LogP contribution in [-0.2, 0) is 4.79 Å². The van der Waals surface area contributed by atoms with Gasteiger partial charge in [0, 0.05) is 6.42 Å². The zero-order valence-electron chi connectivity index (χ0n) is 34.5. The van der Waals surface area contributed by atoms with Crippen molar-refractivity contribution in [2.24, 2.45) is 0 Å². The summed E-state index contributed by atoms with van der Waals surface area (Å²) in [4.78, 5) is 12.2. The summed E-state index contributed by atoms with van der Waals surface area (Å²) in [5.74, 6) is -0.0781. The molecule has 1 amide bonds. The van der Waals surface area contributed by atoms with E-state index < -0.39 is 12.1 Å². The summed E-state index contributed by atoms with van der Waals surface area (Å²) in [6.45, 7) is 4.04. The predicted molar refractivity (Wildman–Crippen MR) is 234 cm³/mol. The largest absolute Gasteiger partial charge is 0.394 e. The van der Waals surface area contributed by atoms with Crippen LogP contribution < -0.4 is 5.32 Å². The van der Waals surface area contributed by atoms with E-state index in [0.717, 1.165) is 77.0 Å². The molecule has 0 aliphatic carbocycles. The van der Waals surface area contributed by atoms with Crippen LogP contribution in [0.3, 0.4) is 0 Å². The molecule has 2 atom stereocenters. The summed E-state index contributed by atoms with van der Waals surface area (Å²) in [5.41, 5.74) is 0. The van der Waals surface area contributed by atoms with Gasteiger partial charge in [-0.3, -0.25) is 4.79 Å². The molecule has 302 valence electrons. The number of unbranched alkanes of at least 4 members (excludes halogenated alkanes) is 17. The molecular weight excluding hydrogens is 651 g/mol. The number of rotatable bonds is 38. The van der Waals surface area contributed by atoms with Crippen molar-refractivity contribution >= 4 is 5.91 Å². The first-order valence-corrected chi connectivity index (χ1v) is 22.0. The molecule has 0 aliphatic rings. The molecule has 0 aromatic heterocycles. The highest BCUT2D eigenvalue weighted by Crippen LogP contribution is 2.14. The molecule has 3 N–H and O–H groups in total. The highest BCUT2D eigenvalue weighted by atomic mass is 16.3. The molecule has 2 unspecified atom stereocenters. The molecule has 0 bridgehead atoms. The minimum absolute atomic E-state index is 0.0781. The highest BCUT2D eigenvalue weighted by molar-refractivity contribution is 5.76. The van der Waals surface area contributed by atoms with Gasteiger partial charge in [-0.25, -0.2) is 0 Å². The van der Waals surface area contributed by atoms with Crippen LogP contribution in [-0.4, -0.2) is 34.9 Å². The number of aliphatic hydroxyl groups is 2. The molecule has 0 spiro atoms. The lowest BCUT2D eigenvalue weighted by Crippen LogP contribution is -2.45. The van der Waals surface area contributed by atoms with E-state index in [0.29, 0.717) is 6.42 Å². The molecule has 0 saturated heterocycles. The van der Waals surface area contributed by atoms with Crippen molar-refractivity contribution in [1.29, 1.82) is 0 Å². The van der Waals surface area contributed by atoms with Gasteiger partial charge in [0.15, 0.2) is 0 Å². The molecular formula is C49H83NO3. The maximum Gasteiger partial charge on any atom is 0.220 e. The zero-order valence-corrected chi connectivity index (χ0v) is 34.5. The van der Waals surface area contributed by atoms with Crippen LogP contribution in [0.4, 0.5) is 0 Å². The van der Waals surface area contributed by atoms with E-state index in [4.69, 9.17) is 0 Å². The van der Waals surface area contributed by atoms with E-state index in [2.05, 4.69) is 104 Å². The normalized spacial score (nSPS) is 14.0. The Bertz CT molecular complexity index is 1010. The van der Waals surface area contributed by atoms with Gasteiger partial charge in [0.1, 0.15) is 0 Å². The summed E-state index contributed by atoms with van der Waals surface area (Å²) in [6.07, 6.45) is 65.8. The molecule has 0 rings (SSSR count). The van der Waals surface area contributed by atoms with Crippen LogP contribution in [0.1, 0.15) is 187 Å². The van der Waals surface area contributed by atoms with Crippen molar-refractivity contribution in [2.75, 3.05) is 6.61 Å². The average Bonchev–Trinajstić information content (AvgIpc) is 3.16. The lowest BCUT2D eigenvalue weighted by atomic mass is 10.0. The van der Waals surface area contributed by atoms with E-state index in [9.17, 15) is 15.0 Å². The second-order valence-electron chi connectivity index (χ2n) is 14.4. The molecule has 0 radical (unpaired) electrons. The maximum absolute atomic E-state index is 12.2. The summed E-state index contributed by atoms with van der Waals surface area (Å²) in [5, 5.41) is 22.5. The molecule has 53 heavy (non-hydrogen) atoms. The van der Waals surface area contributed by atoms with Gasteiger partial charge in [0.2, 0.25) is 5.91 Å². The molecule has 0 aromatic rings. The topological polar surface area (TPSA) is 69.6 Å². The number of nitrogens with one attached hydrogen (secondary N) is 1. The highest BCUT2D eigenvalue weighted by Gasteiger charge is 2.17. The lowest BCUT2D eigenvalue weighted by molar-refractivity contribution is -0.123. The van der Waals surface area contributed by atoms with Crippen LogP contribution in [0.5, 0.6) is 0 Å². The molecule has 0 saturated carbocycles. The van der Waals surface area contributed by atoms with Crippen molar-refractivity contribution in [1.82, 2.24) is 5.32 Å². The van der Waals surface area contributed by atoms with Crippen LogP contribution in [0.25, 0.3) is 0 Å². The van der Waals surface area contributed by atoms with Crippen molar-refractivity contribution in [2.45, 2.75) is 199 Å². The van der Waals surface area contributed by atoms with Crippen LogP contribution in [0.2, 0.25) is 0 Å². The Morgan fingerprint density at radius 3 is 1.23 bits per heavy atom. The number of allylic oxidation sites excluding steroid dienone is 15. The monoisotopic (exact) mass is 734 g/mol. The minimum Gasteiger partial charge on any atom is -0.394 e. The lowest BCUT2D eigenvalue weighted by Gasteiger charge is -2.19. The standard InChI is InChI=1S/C49H83NO3/c1-3-5-7-9-10-11-12-13-14-15-16-17-18-19-20-21-22-23-24-25-26-27-28-29-30-31-32-33-34-35-36-37-38-39-40-41-43-45-49(53)50-47(46-51)48(52)44-42-8-6-4-2/h5,7,10-11,13-14,16-17,19-20,22-23,25-26,42,44,47-48,51-52H,3-4,6,8-9,12,15,18,21,24,27-41,43,45-46H2,1-2H3,(H,50,53)/b7-5-,11-10-,14-13-,17-16-,20-19-,23-22-,26-25-,44-42+. The van der Waals surface area contributed by atoms with E-state index in [1.54, 1.807) is 6.08 Å². The van der Waals surface area contributed by atoms with E-state index in [1.807, 2.05) is 6.08 Å². The fourth-order valence-electron chi connectivity index (χ4n) is 5.97. The third kappa shape index (κ3) is 40.3. The van der Waals surface area contributed by atoms with Gasteiger partial charge in [-0.2, -0.15) is 0 Å². The Kier molecular flexibility index (Phi) is 41.5. The molecule has 0 heterocycles. The third-order valence-corrected chi connectivity index (χ3v) is 9.32. The van der Waals surface area contributed by atoms with Crippen LogP contribution >= 0.6 is 0 Å².